The Morgan fingerprint density at radius 1 is 1.35 bits per heavy atom. The van der Waals surface area contributed by atoms with E-state index in [1.54, 1.807) is 6.92 Å². The Morgan fingerprint density at radius 2 is 2.00 bits per heavy atom. The third kappa shape index (κ3) is 4.83. The molecule has 1 aromatic rings. The number of rotatable bonds is 5. The second-order valence-corrected chi connectivity index (χ2v) is 6.34. The molecule has 0 spiro atoms. The molecule has 6 heteroatoms. The largest absolute Gasteiger partial charge is 0.467 e. The maximum atomic E-state index is 11.8. The van der Waals surface area contributed by atoms with Crippen molar-refractivity contribution in [2.45, 2.75) is 31.7 Å². The Kier molecular flexibility index (Phi) is 6.55. The van der Waals surface area contributed by atoms with E-state index in [2.05, 4.69) is 26.0 Å². The van der Waals surface area contributed by atoms with E-state index in [-0.39, 0.29) is 11.7 Å². The van der Waals surface area contributed by atoms with E-state index in [1.165, 1.54) is 18.9 Å². The quantitative estimate of drug-likeness (QED) is 0.648. The molecule has 4 nitrogen and oxygen atoms in total. The molecule has 0 saturated heterocycles. The van der Waals surface area contributed by atoms with Crippen molar-refractivity contribution >= 4 is 39.6 Å². The van der Waals surface area contributed by atoms with Crippen LogP contribution in [0.4, 0.5) is 0 Å². The summed E-state index contributed by atoms with van der Waals surface area (Å²) in [5, 5.41) is 2.60. The first kappa shape index (κ1) is 17.0. The van der Waals surface area contributed by atoms with Crippen LogP contribution in [0.15, 0.2) is 21.5 Å². The molecule has 0 radical (unpaired) electrons. The number of thioether (sulfide) groups is 1. The van der Waals surface area contributed by atoms with Gasteiger partial charge >= 0.3 is 5.97 Å². The van der Waals surface area contributed by atoms with Gasteiger partial charge in [-0.2, -0.15) is 0 Å². The van der Waals surface area contributed by atoms with Crippen LogP contribution in [-0.2, 0) is 14.3 Å². The molecule has 0 saturated carbocycles. The van der Waals surface area contributed by atoms with Crippen molar-refractivity contribution in [2.24, 2.45) is 0 Å². The minimum absolute atomic E-state index is 0.187. The van der Waals surface area contributed by atoms with Crippen molar-refractivity contribution in [3.05, 3.63) is 27.7 Å². The molecule has 0 bridgehead atoms. The Hall–Kier alpha value is -1.01. The number of carbonyl (C=O) groups is 2. The summed E-state index contributed by atoms with van der Waals surface area (Å²) in [4.78, 5) is 24.0. The fourth-order valence-corrected chi connectivity index (χ4v) is 2.95. The molecular weight excluding hydrogens is 342 g/mol. The van der Waals surface area contributed by atoms with Crippen LogP contribution >= 0.6 is 27.7 Å². The number of esters is 1. The molecule has 1 atom stereocenters. The average Bonchev–Trinajstić information content (AvgIpc) is 2.40. The molecule has 0 aliphatic carbocycles. The van der Waals surface area contributed by atoms with Crippen molar-refractivity contribution in [3.63, 3.8) is 0 Å². The highest BCUT2D eigenvalue weighted by molar-refractivity contribution is 9.10. The first-order chi connectivity index (χ1) is 9.35. The number of aryl methyl sites for hydroxylation is 2. The predicted octanol–water partition coefficient (Wildman–Crippen LogP) is 2.84. The lowest BCUT2D eigenvalue weighted by atomic mass is 10.2. The molecule has 0 heterocycles. The van der Waals surface area contributed by atoms with Crippen LogP contribution in [0.2, 0.25) is 0 Å². The number of hydrogen-bond acceptors (Lipinski definition) is 4. The first-order valence-corrected chi connectivity index (χ1v) is 7.89. The number of methoxy groups -OCH3 is 1. The van der Waals surface area contributed by atoms with E-state index in [4.69, 9.17) is 0 Å². The van der Waals surface area contributed by atoms with Gasteiger partial charge in [-0.1, -0.05) is 15.9 Å². The fourth-order valence-electron chi connectivity index (χ4n) is 1.57. The normalized spacial score (nSPS) is 11.8. The van der Waals surface area contributed by atoms with Gasteiger partial charge < -0.3 is 10.1 Å². The Labute approximate surface area is 131 Å². The smallest absolute Gasteiger partial charge is 0.328 e. The highest BCUT2D eigenvalue weighted by Gasteiger charge is 2.16. The average molecular weight is 360 g/mol. The molecule has 1 unspecified atom stereocenters. The minimum Gasteiger partial charge on any atom is -0.467 e. The predicted molar refractivity (Wildman–Crippen MR) is 84.0 cm³/mol. The van der Waals surface area contributed by atoms with E-state index >= 15 is 0 Å². The molecule has 0 aliphatic rings. The van der Waals surface area contributed by atoms with Gasteiger partial charge in [0.05, 0.1) is 12.9 Å². The van der Waals surface area contributed by atoms with Gasteiger partial charge in [-0.15, -0.1) is 11.8 Å². The van der Waals surface area contributed by atoms with Gasteiger partial charge in [0.1, 0.15) is 6.04 Å². The van der Waals surface area contributed by atoms with Gasteiger partial charge in [0.15, 0.2) is 0 Å². The van der Waals surface area contributed by atoms with Crippen molar-refractivity contribution in [1.29, 1.82) is 0 Å². The summed E-state index contributed by atoms with van der Waals surface area (Å²) in [6.07, 6.45) is 0. The van der Waals surface area contributed by atoms with E-state index in [0.29, 0.717) is 0 Å². The number of benzene rings is 1. The van der Waals surface area contributed by atoms with Crippen molar-refractivity contribution in [2.75, 3.05) is 12.9 Å². The van der Waals surface area contributed by atoms with Crippen LogP contribution < -0.4 is 5.32 Å². The summed E-state index contributed by atoms with van der Waals surface area (Å²) in [6, 6.07) is 3.45. The highest BCUT2D eigenvalue weighted by Crippen LogP contribution is 2.28. The van der Waals surface area contributed by atoms with Crippen molar-refractivity contribution in [1.82, 2.24) is 5.32 Å². The molecule has 1 rings (SSSR count). The zero-order chi connectivity index (χ0) is 15.3. The molecule has 0 aromatic heterocycles. The van der Waals surface area contributed by atoms with E-state index in [1.807, 2.05) is 26.0 Å². The number of carbonyl (C=O) groups excluding carboxylic acids is 2. The zero-order valence-electron chi connectivity index (χ0n) is 12.0. The standard InChI is InChI=1S/C14H18BrNO3S/c1-8-6-12(9(2)5-11(8)15)20-7-13(17)16-10(3)14(18)19-4/h5-6,10H,7H2,1-4H3,(H,16,17). The third-order valence-electron chi connectivity index (χ3n) is 2.75. The minimum atomic E-state index is -0.624. The van der Waals surface area contributed by atoms with Crippen LogP contribution in [-0.4, -0.2) is 30.8 Å². The number of nitrogens with one attached hydrogen (secondary N) is 1. The van der Waals surface area contributed by atoms with Crippen LogP contribution in [0.25, 0.3) is 0 Å². The Balaban J connectivity index is 2.57. The summed E-state index contributed by atoms with van der Waals surface area (Å²) in [7, 11) is 1.30. The van der Waals surface area contributed by atoms with Crippen LogP contribution in [0, 0.1) is 13.8 Å². The van der Waals surface area contributed by atoms with Gasteiger partial charge in [0.2, 0.25) is 5.91 Å². The van der Waals surface area contributed by atoms with E-state index in [0.717, 1.165) is 20.5 Å². The van der Waals surface area contributed by atoms with Gasteiger partial charge in [-0.05, 0) is 44.0 Å². The van der Waals surface area contributed by atoms with Gasteiger partial charge in [-0.3, -0.25) is 4.79 Å². The maximum Gasteiger partial charge on any atom is 0.328 e. The zero-order valence-corrected chi connectivity index (χ0v) is 14.4. The summed E-state index contributed by atoms with van der Waals surface area (Å²) >= 11 is 4.93. The Bertz CT molecular complexity index is 519. The topological polar surface area (TPSA) is 55.4 Å². The van der Waals surface area contributed by atoms with Gasteiger partial charge in [0, 0.05) is 9.37 Å². The highest BCUT2D eigenvalue weighted by atomic mass is 79.9. The number of amides is 1. The fraction of sp³-hybridized carbons (Fsp3) is 0.429. The Morgan fingerprint density at radius 3 is 2.60 bits per heavy atom. The lowest BCUT2D eigenvalue weighted by Gasteiger charge is -2.12. The molecule has 0 fully saturated rings. The third-order valence-corrected chi connectivity index (χ3v) is 4.76. The number of ether oxygens (including phenoxy) is 1. The van der Waals surface area contributed by atoms with Crippen molar-refractivity contribution < 1.29 is 14.3 Å². The van der Waals surface area contributed by atoms with E-state index in [9.17, 15) is 9.59 Å². The van der Waals surface area contributed by atoms with Crippen LogP contribution in [0.1, 0.15) is 18.1 Å². The monoisotopic (exact) mass is 359 g/mol. The summed E-state index contributed by atoms with van der Waals surface area (Å²) in [6.45, 7) is 5.61. The lowest BCUT2D eigenvalue weighted by molar-refractivity contribution is -0.144. The molecule has 1 N–H and O–H groups in total. The van der Waals surface area contributed by atoms with Gasteiger partial charge in [-0.25, -0.2) is 4.79 Å². The van der Waals surface area contributed by atoms with Crippen LogP contribution in [0.5, 0.6) is 0 Å². The van der Waals surface area contributed by atoms with Crippen molar-refractivity contribution in [3.8, 4) is 0 Å². The lowest BCUT2D eigenvalue weighted by Crippen LogP contribution is -2.40. The summed E-state index contributed by atoms with van der Waals surface area (Å²) in [5.74, 6) is -0.365. The molecular formula is C14H18BrNO3S. The molecule has 1 aromatic carbocycles. The first-order valence-electron chi connectivity index (χ1n) is 6.12. The van der Waals surface area contributed by atoms with Gasteiger partial charge in [0.25, 0.3) is 0 Å². The second-order valence-electron chi connectivity index (χ2n) is 4.47. The number of hydrogen-bond donors (Lipinski definition) is 1. The summed E-state index contributed by atoms with van der Waals surface area (Å²) in [5.41, 5.74) is 2.24. The summed E-state index contributed by atoms with van der Waals surface area (Å²) < 4.78 is 5.62. The SMILES string of the molecule is COC(=O)C(C)NC(=O)CSc1cc(C)c(Br)cc1C. The molecule has 1 amide bonds. The maximum absolute atomic E-state index is 11.8. The molecule has 110 valence electrons. The molecule has 0 aliphatic heterocycles. The second kappa shape index (κ2) is 7.69. The van der Waals surface area contributed by atoms with E-state index < -0.39 is 12.0 Å². The van der Waals surface area contributed by atoms with Crippen LogP contribution in [0.3, 0.4) is 0 Å². The molecule has 20 heavy (non-hydrogen) atoms. The number of halogens is 1.